The van der Waals surface area contributed by atoms with Gasteiger partial charge in [-0.3, -0.25) is 9.59 Å². The average molecular weight is 338 g/mol. The summed E-state index contributed by atoms with van der Waals surface area (Å²) in [5.41, 5.74) is 1.76. The SMILES string of the molecule is Cl.O=C(NCc1ccc(C(=O)N2CCCCC2)cc1)C1CNC1. The van der Waals surface area contributed by atoms with E-state index in [9.17, 15) is 9.59 Å². The number of likely N-dealkylation sites (tertiary alicyclic amines) is 1. The van der Waals surface area contributed by atoms with Crippen molar-refractivity contribution in [2.24, 2.45) is 5.92 Å². The highest BCUT2D eigenvalue weighted by atomic mass is 35.5. The van der Waals surface area contributed by atoms with E-state index in [0.29, 0.717) is 6.54 Å². The standard InChI is InChI=1S/C17H23N3O2.ClH/c21-16(15-11-18-12-15)19-10-13-4-6-14(7-5-13)17(22)20-8-2-1-3-9-20;/h4-7,15,18H,1-3,8-12H2,(H,19,21);1H. The minimum Gasteiger partial charge on any atom is -0.352 e. The summed E-state index contributed by atoms with van der Waals surface area (Å²) in [7, 11) is 0. The lowest BCUT2D eigenvalue weighted by Crippen LogP contribution is -2.50. The van der Waals surface area contributed by atoms with Gasteiger partial charge in [0, 0.05) is 38.3 Å². The third-order valence-electron chi connectivity index (χ3n) is 4.46. The first-order chi connectivity index (χ1) is 10.7. The Hall–Kier alpha value is -1.59. The molecule has 0 atom stereocenters. The van der Waals surface area contributed by atoms with Crippen molar-refractivity contribution in [1.29, 1.82) is 0 Å². The third-order valence-corrected chi connectivity index (χ3v) is 4.46. The number of nitrogens with zero attached hydrogens (tertiary/aromatic N) is 1. The van der Waals surface area contributed by atoms with E-state index in [-0.39, 0.29) is 30.1 Å². The van der Waals surface area contributed by atoms with Crippen LogP contribution in [0.25, 0.3) is 0 Å². The molecule has 2 saturated heterocycles. The number of amides is 2. The Balaban J connectivity index is 0.00000192. The summed E-state index contributed by atoms with van der Waals surface area (Å²) in [5, 5.41) is 6.03. The van der Waals surface area contributed by atoms with Crippen LogP contribution in [0.15, 0.2) is 24.3 Å². The van der Waals surface area contributed by atoms with Crippen molar-refractivity contribution in [3.8, 4) is 0 Å². The zero-order valence-electron chi connectivity index (χ0n) is 13.2. The van der Waals surface area contributed by atoms with Gasteiger partial charge < -0.3 is 15.5 Å². The van der Waals surface area contributed by atoms with Gasteiger partial charge in [0.15, 0.2) is 0 Å². The summed E-state index contributed by atoms with van der Waals surface area (Å²) in [5.74, 6) is 0.336. The van der Waals surface area contributed by atoms with Gasteiger partial charge >= 0.3 is 0 Å². The summed E-state index contributed by atoms with van der Waals surface area (Å²) in [4.78, 5) is 26.1. The van der Waals surface area contributed by atoms with Crippen LogP contribution in [0.4, 0.5) is 0 Å². The molecule has 1 aromatic carbocycles. The fourth-order valence-electron chi connectivity index (χ4n) is 2.85. The van der Waals surface area contributed by atoms with E-state index in [1.807, 2.05) is 29.2 Å². The second kappa shape index (κ2) is 8.31. The number of rotatable bonds is 4. The molecule has 2 aliphatic rings. The normalized spacial score (nSPS) is 17.8. The zero-order chi connectivity index (χ0) is 15.4. The van der Waals surface area contributed by atoms with E-state index in [0.717, 1.165) is 50.1 Å². The van der Waals surface area contributed by atoms with Crippen LogP contribution in [0, 0.1) is 5.92 Å². The quantitative estimate of drug-likeness (QED) is 0.876. The van der Waals surface area contributed by atoms with E-state index < -0.39 is 0 Å². The summed E-state index contributed by atoms with van der Waals surface area (Å²) in [6.45, 7) is 3.80. The minimum atomic E-state index is 0. The highest BCUT2D eigenvalue weighted by molar-refractivity contribution is 5.94. The van der Waals surface area contributed by atoms with Gasteiger partial charge in [-0.2, -0.15) is 0 Å². The van der Waals surface area contributed by atoms with Gasteiger partial charge in [-0.25, -0.2) is 0 Å². The van der Waals surface area contributed by atoms with Crippen molar-refractivity contribution < 1.29 is 9.59 Å². The number of halogens is 1. The molecule has 3 rings (SSSR count). The molecule has 0 spiro atoms. The molecule has 2 heterocycles. The molecule has 0 aromatic heterocycles. The number of piperidine rings is 1. The lowest BCUT2D eigenvalue weighted by molar-refractivity contribution is -0.126. The monoisotopic (exact) mass is 337 g/mol. The molecule has 23 heavy (non-hydrogen) atoms. The number of benzene rings is 1. The number of carbonyl (C=O) groups is 2. The summed E-state index contributed by atoms with van der Waals surface area (Å²) in [6, 6.07) is 7.58. The van der Waals surface area contributed by atoms with E-state index in [1.165, 1.54) is 6.42 Å². The lowest BCUT2D eigenvalue weighted by Gasteiger charge is -2.27. The molecular weight excluding hydrogens is 314 g/mol. The molecule has 1 aromatic rings. The van der Waals surface area contributed by atoms with Crippen molar-refractivity contribution in [3.63, 3.8) is 0 Å². The zero-order valence-corrected chi connectivity index (χ0v) is 14.0. The van der Waals surface area contributed by atoms with E-state index in [1.54, 1.807) is 0 Å². The molecule has 0 saturated carbocycles. The summed E-state index contributed by atoms with van der Waals surface area (Å²) >= 11 is 0. The van der Waals surface area contributed by atoms with Crippen LogP contribution >= 0.6 is 12.4 Å². The van der Waals surface area contributed by atoms with Gasteiger partial charge in [0.05, 0.1) is 5.92 Å². The Kier molecular flexibility index (Phi) is 6.42. The maximum absolute atomic E-state index is 12.4. The molecule has 0 unspecified atom stereocenters. The van der Waals surface area contributed by atoms with Crippen LogP contribution in [0.5, 0.6) is 0 Å². The van der Waals surface area contributed by atoms with Crippen molar-refractivity contribution in [2.75, 3.05) is 26.2 Å². The first-order valence-electron chi connectivity index (χ1n) is 8.11. The molecule has 2 amide bonds. The second-order valence-electron chi connectivity index (χ2n) is 6.12. The third kappa shape index (κ3) is 4.45. The topological polar surface area (TPSA) is 61.4 Å². The number of hydrogen-bond acceptors (Lipinski definition) is 3. The molecule has 0 radical (unpaired) electrons. The van der Waals surface area contributed by atoms with Crippen LogP contribution in [0.2, 0.25) is 0 Å². The van der Waals surface area contributed by atoms with Gasteiger partial charge in [0.1, 0.15) is 0 Å². The Morgan fingerprint density at radius 2 is 1.74 bits per heavy atom. The fraction of sp³-hybridized carbons (Fsp3) is 0.529. The fourth-order valence-corrected chi connectivity index (χ4v) is 2.85. The molecule has 2 aliphatic heterocycles. The molecule has 5 nitrogen and oxygen atoms in total. The molecule has 2 N–H and O–H groups in total. The Morgan fingerprint density at radius 1 is 1.09 bits per heavy atom. The largest absolute Gasteiger partial charge is 0.352 e. The van der Waals surface area contributed by atoms with Gasteiger partial charge in [-0.15, -0.1) is 12.4 Å². The average Bonchev–Trinajstić information content (AvgIpc) is 2.52. The van der Waals surface area contributed by atoms with Gasteiger partial charge in [0.2, 0.25) is 5.91 Å². The van der Waals surface area contributed by atoms with Crippen molar-refractivity contribution in [3.05, 3.63) is 35.4 Å². The van der Waals surface area contributed by atoms with Crippen molar-refractivity contribution in [2.45, 2.75) is 25.8 Å². The molecule has 126 valence electrons. The second-order valence-corrected chi connectivity index (χ2v) is 6.12. The molecule has 0 aliphatic carbocycles. The smallest absolute Gasteiger partial charge is 0.253 e. The van der Waals surface area contributed by atoms with Crippen LogP contribution in [0.3, 0.4) is 0 Å². The number of nitrogens with one attached hydrogen (secondary N) is 2. The molecular formula is C17H24ClN3O2. The van der Waals surface area contributed by atoms with Gasteiger partial charge in [0.25, 0.3) is 5.91 Å². The van der Waals surface area contributed by atoms with Crippen LogP contribution in [0.1, 0.15) is 35.2 Å². The first-order valence-corrected chi connectivity index (χ1v) is 8.11. The van der Waals surface area contributed by atoms with Crippen LogP contribution in [-0.2, 0) is 11.3 Å². The maximum Gasteiger partial charge on any atom is 0.253 e. The highest BCUT2D eigenvalue weighted by Gasteiger charge is 2.24. The molecule has 0 bridgehead atoms. The van der Waals surface area contributed by atoms with Crippen LogP contribution in [-0.4, -0.2) is 42.9 Å². The molecule has 2 fully saturated rings. The minimum absolute atomic E-state index is 0. The van der Waals surface area contributed by atoms with Gasteiger partial charge in [-0.05, 0) is 37.0 Å². The highest BCUT2D eigenvalue weighted by Crippen LogP contribution is 2.14. The van der Waals surface area contributed by atoms with Gasteiger partial charge in [-0.1, -0.05) is 12.1 Å². The van der Waals surface area contributed by atoms with E-state index in [4.69, 9.17) is 0 Å². The van der Waals surface area contributed by atoms with Crippen molar-refractivity contribution in [1.82, 2.24) is 15.5 Å². The summed E-state index contributed by atoms with van der Waals surface area (Å²) < 4.78 is 0. The lowest BCUT2D eigenvalue weighted by atomic mass is 10.0. The predicted octanol–water partition coefficient (Wildman–Crippen LogP) is 1.57. The van der Waals surface area contributed by atoms with E-state index >= 15 is 0 Å². The van der Waals surface area contributed by atoms with E-state index in [2.05, 4.69) is 10.6 Å². The Bertz CT molecular complexity index is 537. The Morgan fingerprint density at radius 3 is 2.30 bits per heavy atom. The maximum atomic E-state index is 12.4. The Labute approximate surface area is 143 Å². The predicted molar refractivity (Wildman–Crippen MR) is 91.7 cm³/mol. The van der Waals surface area contributed by atoms with Crippen LogP contribution < -0.4 is 10.6 Å². The molecule has 6 heteroatoms. The number of carbonyl (C=O) groups excluding carboxylic acids is 2. The first kappa shape index (κ1) is 17.8. The summed E-state index contributed by atoms with van der Waals surface area (Å²) in [6.07, 6.45) is 3.43. The van der Waals surface area contributed by atoms with Crippen molar-refractivity contribution >= 4 is 24.2 Å². The number of hydrogen-bond donors (Lipinski definition) is 2.